The smallest absolute Gasteiger partial charge is 0.0945 e. The minimum Gasteiger partial charge on any atom is -0.337 e. The standard InChI is InChI=1S/C19H34N5P/c1-3-22(4-2)10-5-15-25(16-6-11-23-13-8-20-18-23)17-7-12-24-14-9-21-19-24/h8-9,13-14,18-19H,3-7,10-12,15-17H2,1-2H3. The second kappa shape index (κ2) is 12.2. The van der Waals surface area contributed by atoms with Gasteiger partial charge in [0.05, 0.1) is 12.7 Å². The van der Waals surface area contributed by atoms with Gasteiger partial charge in [-0.2, -0.15) is 0 Å². The van der Waals surface area contributed by atoms with Crippen LogP contribution >= 0.6 is 7.92 Å². The fraction of sp³-hybridized carbons (Fsp3) is 0.684. The largest absolute Gasteiger partial charge is 0.337 e. The van der Waals surface area contributed by atoms with Gasteiger partial charge in [-0.25, -0.2) is 9.97 Å². The first-order valence-corrected chi connectivity index (χ1v) is 11.6. The molecule has 25 heavy (non-hydrogen) atoms. The molecule has 0 spiro atoms. The molecule has 0 bridgehead atoms. The van der Waals surface area contributed by atoms with Gasteiger partial charge < -0.3 is 14.0 Å². The van der Waals surface area contributed by atoms with Crippen molar-refractivity contribution >= 4 is 7.92 Å². The second-order valence-electron chi connectivity index (χ2n) is 6.53. The Hall–Kier alpha value is -1.19. The van der Waals surface area contributed by atoms with Crippen LogP contribution in [0, 0.1) is 0 Å². The number of aromatic nitrogens is 4. The maximum Gasteiger partial charge on any atom is 0.0945 e. The van der Waals surface area contributed by atoms with E-state index in [1.54, 1.807) is 0 Å². The second-order valence-corrected chi connectivity index (χ2v) is 9.21. The molecule has 0 atom stereocenters. The predicted octanol–water partition coefficient (Wildman–Crippen LogP) is 3.77. The average molecular weight is 363 g/mol. The number of hydrogen-bond donors (Lipinski definition) is 0. The summed E-state index contributed by atoms with van der Waals surface area (Å²) in [6.07, 6.45) is 19.8. The first-order chi connectivity index (χ1) is 12.3. The van der Waals surface area contributed by atoms with Crippen molar-refractivity contribution in [3.05, 3.63) is 37.4 Å². The summed E-state index contributed by atoms with van der Waals surface area (Å²) in [6.45, 7) is 10.4. The van der Waals surface area contributed by atoms with E-state index in [1.165, 1.54) is 57.4 Å². The molecule has 2 aromatic heterocycles. The summed E-state index contributed by atoms with van der Waals surface area (Å²) >= 11 is 0. The van der Waals surface area contributed by atoms with Crippen molar-refractivity contribution in [1.82, 2.24) is 24.0 Å². The Kier molecular flexibility index (Phi) is 9.83. The first kappa shape index (κ1) is 20.1. The van der Waals surface area contributed by atoms with Crippen LogP contribution < -0.4 is 0 Å². The molecule has 0 amide bonds. The molecular weight excluding hydrogens is 329 g/mol. The fourth-order valence-corrected chi connectivity index (χ4v) is 5.62. The maximum absolute atomic E-state index is 4.14. The van der Waals surface area contributed by atoms with Crippen LogP contribution in [0.15, 0.2) is 37.4 Å². The summed E-state index contributed by atoms with van der Waals surface area (Å²) in [5.41, 5.74) is 0. The SMILES string of the molecule is CCN(CC)CCCP(CCCn1ccnc1)CCCn1ccnc1. The van der Waals surface area contributed by atoms with Gasteiger partial charge in [-0.1, -0.05) is 13.8 Å². The molecule has 5 nitrogen and oxygen atoms in total. The number of rotatable bonds is 14. The zero-order valence-corrected chi connectivity index (χ0v) is 16.8. The van der Waals surface area contributed by atoms with Gasteiger partial charge in [0, 0.05) is 37.9 Å². The van der Waals surface area contributed by atoms with E-state index in [-0.39, 0.29) is 7.92 Å². The molecule has 6 heteroatoms. The van der Waals surface area contributed by atoms with Crippen LogP contribution in [-0.2, 0) is 13.1 Å². The highest BCUT2D eigenvalue weighted by atomic mass is 31.1. The molecule has 140 valence electrons. The van der Waals surface area contributed by atoms with E-state index >= 15 is 0 Å². The number of hydrogen-bond acceptors (Lipinski definition) is 3. The van der Waals surface area contributed by atoms with Crippen LogP contribution in [0.4, 0.5) is 0 Å². The first-order valence-electron chi connectivity index (χ1n) is 9.68. The Morgan fingerprint density at radius 1 is 0.800 bits per heavy atom. The summed E-state index contributed by atoms with van der Waals surface area (Å²) in [4.78, 5) is 10.8. The van der Waals surface area contributed by atoms with E-state index < -0.39 is 0 Å². The molecule has 0 radical (unpaired) electrons. The van der Waals surface area contributed by atoms with E-state index in [2.05, 4.69) is 50.2 Å². The van der Waals surface area contributed by atoms with Gasteiger partial charge in [0.1, 0.15) is 0 Å². The number of nitrogens with zero attached hydrogens (tertiary/aromatic N) is 5. The van der Waals surface area contributed by atoms with Crippen molar-refractivity contribution in [3.63, 3.8) is 0 Å². The number of imidazole rings is 2. The Morgan fingerprint density at radius 2 is 1.32 bits per heavy atom. The van der Waals surface area contributed by atoms with Crippen molar-refractivity contribution < 1.29 is 0 Å². The normalized spacial score (nSPS) is 11.7. The van der Waals surface area contributed by atoms with Gasteiger partial charge in [-0.05, 0) is 57.4 Å². The lowest BCUT2D eigenvalue weighted by Gasteiger charge is -2.22. The molecule has 0 aliphatic carbocycles. The van der Waals surface area contributed by atoms with Crippen LogP contribution in [0.3, 0.4) is 0 Å². The molecule has 0 fully saturated rings. The molecule has 2 aromatic rings. The van der Waals surface area contributed by atoms with Gasteiger partial charge >= 0.3 is 0 Å². The van der Waals surface area contributed by atoms with Gasteiger partial charge in [-0.15, -0.1) is 7.92 Å². The molecule has 2 heterocycles. The van der Waals surface area contributed by atoms with Crippen LogP contribution in [0.25, 0.3) is 0 Å². The zero-order chi connectivity index (χ0) is 17.7. The van der Waals surface area contributed by atoms with Crippen LogP contribution in [0.1, 0.15) is 33.1 Å². The molecule has 0 saturated heterocycles. The Labute approximate surface area is 154 Å². The predicted molar refractivity (Wildman–Crippen MR) is 108 cm³/mol. The highest BCUT2D eigenvalue weighted by Gasteiger charge is 2.09. The van der Waals surface area contributed by atoms with Crippen molar-refractivity contribution in [3.8, 4) is 0 Å². The highest BCUT2D eigenvalue weighted by molar-refractivity contribution is 7.57. The maximum atomic E-state index is 4.14. The van der Waals surface area contributed by atoms with Gasteiger partial charge in [0.25, 0.3) is 0 Å². The van der Waals surface area contributed by atoms with Crippen LogP contribution in [-0.4, -0.2) is 62.1 Å². The summed E-state index contributed by atoms with van der Waals surface area (Å²) < 4.78 is 4.41. The lowest BCUT2D eigenvalue weighted by Crippen LogP contribution is -2.24. The van der Waals surface area contributed by atoms with E-state index in [0.717, 1.165) is 13.1 Å². The zero-order valence-electron chi connectivity index (χ0n) is 15.9. The summed E-state index contributed by atoms with van der Waals surface area (Å²) in [5, 5.41) is 0. The molecule has 2 rings (SSSR count). The fourth-order valence-electron chi connectivity index (χ4n) is 3.18. The summed E-state index contributed by atoms with van der Waals surface area (Å²) in [5.74, 6) is 0. The third-order valence-corrected chi connectivity index (χ3v) is 7.59. The van der Waals surface area contributed by atoms with Crippen molar-refractivity contribution in [2.45, 2.75) is 46.2 Å². The van der Waals surface area contributed by atoms with E-state index in [0.29, 0.717) is 0 Å². The molecule has 0 unspecified atom stereocenters. The van der Waals surface area contributed by atoms with Crippen LogP contribution in [0.5, 0.6) is 0 Å². The lowest BCUT2D eigenvalue weighted by molar-refractivity contribution is 0.305. The van der Waals surface area contributed by atoms with E-state index in [1.807, 2.05) is 25.0 Å². The third-order valence-electron chi connectivity index (χ3n) is 4.74. The average Bonchev–Trinajstić information content (AvgIpc) is 3.32. The quantitative estimate of drug-likeness (QED) is 0.480. The number of aryl methyl sites for hydroxylation is 2. The lowest BCUT2D eigenvalue weighted by atomic mass is 10.4. The van der Waals surface area contributed by atoms with Gasteiger partial charge in [0.2, 0.25) is 0 Å². The molecule has 0 N–H and O–H groups in total. The Balaban J connectivity index is 1.70. The van der Waals surface area contributed by atoms with E-state index in [9.17, 15) is 0 Å². The third kappa shape index (κ3) is 8.15. The molecular formula is C19H34N5P. The van der Waals surface area contributed by atoms with Gasteiger partial charge in [-0.3, -0.25) is 0 Å². The monoisotopic (exact) mass is 363 g/mol. The minimum atomic E-state index is 0.141. The van der Waals surface area contributed by atoms with Gasteiger partial charge in [0.15, 0.2) is 0 Å². The molecule has 0 aromatic carbocycles. The summed E-state index contributed by atoms with van der Waals surface area (Å²) in [6, 6.07) is 0. The Bertz CT molecular complexity index is 482. The van der Waals surface area contributed by atoms with Crippen molar-refractivity contribution in [2.24, 2.45) is 0 Å². The molecule has 0 aliphatic rings. The van der Waals surface area contributed by atoms with Crippen LogP contribution in [0.2, 0.25) is 0 Å². The molecule has 0 saturated carbocycles. The van der Waals surface area contributed by atoms with Crippen molar-refractivity contribution in [2.75, 3.05) is 38.1 Å². The van der Waals surface area contributed by atoms with E-state index in [4.69, 9.17) is 0 Å². The highest BCUT2D eigenvalue weighted by Crippen LogP contribution is 2.38. The molecule has 0 aliphatic heterocycles. The topological polar surface area (TPSA) is 38.9 Å². The van der Waals surface area contributed by atoms with Crippen molar-refractivity contribution in [1.29, 1.82) is 0 Å². The Morgan fingerprint density at radius 3 is 1.76 bits per heavy atom. The summed E-state index contributed by atoms with van der Waals surface area (Å²) in [7, 11) is 0.141. The minimum absolute atomic E-state index is 0.141.